The van der Waals surface area contributed by atoms with Gasteiger partial charge in [0.15, 0.2) is 0 Å². The third-order valence-electron chi connectivity index (χ3n) is 4.85. The maximum Gasteiger partial charge on any atom is 0.0952 e. The SMILES string of the molecule is Cc1ccccc1C1CNC2(CCCC(C)C2)CO1. The van der Waals surface area contributed by atoms with E-state index in [1.165, 1.54) is 36.8 Å². The van der Waals surface area contributed by atoms with E-state index in [1.54, 1.807) is 0 Å². The largest absolute Gasteiger partial charge is 0.370 e. The predicted molar refractivity (Wildman–Crippen MR) is 78.2 cm³/mol. The molecule has 1 aromatic rings. The summed E-state index contributed by atoms with van der Waals surface area (Å²) in [6, 6.07) is 8.58. The molecule has 3 unspecified atom stereocenters. The zero-order chi connectivity index (χ0) is 13.3. The van der Waals surface area contributed by atoms with E-state index in [0.717, 1.165) is 19.1 Å². The molecule has 1 N–H and O–H groups in total. The summed E-state index contributed by atoms with van der Waals surface area (Å²) < 4.78 is 6.22. The first kappa shape index (κ1) is 13.1. The van der Waals surface area contributed by atoms with Crippen molar-refractivity contribution in [2.45, 2.75) is 51.2 Å². The van der Waals surface area contributed by atoms with Crippen molar-refractivity contribution in [3.63, 3.8) is 0 Å². The molecular weight excluding hydrogens is 234 g/mol. The number of benzene rings is 1. The quantitative estimate of drug-likeness (QED) is 0.832. The van der Waals surface area contributed by atoms with Crippen LogP contribution in [0.1, 0.15) is 49.8 Å². The molecule has 0 radical (unpaired) electrons. The molecule has 3 atom stereocenters. The summed E-state index contributed by atoms with van der Waals surface area (Å²) in [5.74, 6) is 0.833. The Morgan fingerprint density at radius 2 is 2.16 bits per heavy atom. The minimum absolute atomic E-state index is 0.226. The normalized spacial score (nSPS) is 35.5. The standard InChI is InChI=1S/C17H25NO/c1-13-6-5-9-17(10-13)12-19-16(11-18-17)15-8-4-3-7-14(15)2/h3-4,7-8,13,16,18H,5-6,9-12H2,1-2H3. The average Bonchev–Trinajstić information content (AvgIpc) is 2.40. The molecule has 2 nitrogen and oxygen atoms in total. The van der Waals surface area contributed by atoms with Crippen LogP contribution in [0.4, 0.5) is 0 Å². The molecule has 104 valence electrons. The second-order valence-electron chi connectivity index (χ2n) is 6.52. The zero-order valence-electron chi connectivity index (χ0n) is 12.1. The van der Waals surface area contributed by atoms with Gasteiger partial charge in [0.25, 0.3) is 0 Å². The Balaban J connectivity index is 1.68. The van der Waals surface area contributed by atoms with Crippen LogP contribution in [0, 0.1) is 12.8 Å². The number of nitrogens with one attached hydrogen (secondary N) is 1. The highest BCUT2D eigenvalue weighted by Gasteiger charge is 2.39. The molecular formula is C17H25NO. The van der Waals surface area contributed by atoms with Crippen molar-refractivity contribution in [3.8, 4) is 0 Å². The van der Waals surface area contributed by atoms with Crippen LogP contribution in [-0.2, 0) is 4.74 Å². The molecule has 1 saturated heterocycles. The number of morpholine rings is 1. The molecule has 0 amide bonds. The van der Waals surface area contributed by atoms with Gasteiger partial charge in [0.05, 0.1) is 12.7 Å². The first-order chi connectivity index (χ1) is 9.19. The van der Waals surface area contributed by atoms with Crippen molar-refractivity contribution in [2.24, 2.45) is 5.92 Å². The highest BCUT2D eigenvalue weighted by Crippen LogP contribution is 2.36. The van der Waals surface area contributed by atoms with E-state index in [-0.39, 0.29) is 11.6 Å². The van der Waals surface area contributed by atoms with Gasteiger partial charge in [-0.3, -0.25) is 0 Å². The highest BCUT2D eigenvalue weighted by atomic mass is 16.5. The molecule has 0 bridgehead atoms. The minimum atomic E-state index is 0.226. The van der Waals surface area contributed by atoms with Crippen LogP contribution in [0.2, 0.25) is 0 Å². The second-order valence-corrected chi connectivity index (χ2v) is 6.52. The fourth-order valence-electron chi connectivity index (χ4n) is 3.78. The summed E-state index contributed by atoms with van der Waals surface area (Å²) in [5.41, 5.74) is 2.94. The Morgan fingerprint density at radius 1 is 1.32 bits per heavy atom. The van der Waals surface area contributed by atoms with E-state index in [2.05, 4.69) is 43.4 Å². The predicted octanol–water partition coefficient (Wildman–Crippen LogP) is 3.60. The van der Waals surface area contributed by atoms with Crippen LogP contribution < -0.4 is 5.32 Å². The first-order valence-electron chi connectivity index (χ1n) is 7.61. The average molecular weight is 259 g/mol. The van der Waals surface area contributed by atoms with E-state index in [4.69, 9.17) is 4.74 Å². The van der Waals surface area contributed by atoms with Gasteiger partial charge in [-0.15, -0.1) is 0 Å². The lowest BCUT2D eigenvalue weighted by atomic mass is 9.76. The lowest BCUT2D eigenvalue weighted by Gasteiger charge is -2.45. The van der Waals surface area contributed by atoms with Crippen LogP contribution in [0.25, 0.3) is 0 Å². The second kappa shape index (κ2) is 5.26. The molecule has 3 rings (SSSR count). The maximum absolute atomic E-state index is 6.22. The molecule has 19 heavy (non-hydrogen) atoms. The third-order valence-corrected chi connectivity index (χ3v) is 4.85. The van der Waals surface area contributed by atoms with E-state index in [9.17, 15) is 0 Å². The van der Waals surface area contributed by atoms with Crippen molar-refractivity contribution in [3.05, 3.63) is 35.4 Å². The lowest BCUT2D eigenvalue weighted by molar-refractivity contribution is -0.0529. The number of hydrogen-bond donors (Lipinski definition) is 1. The van der Waals surface area contributed by atoms with Crippen LogP contribution >= 0.6 is 0 Å². The molecule has 1 aliphatic heterocycles. The van der Waals surface area contributed by atoms with Crippen molar-refractivity contribution >= 4 is 0 Å². The van der Waals surface area contributed by atoms with Crippen molar-refractivity contribution in [2.75, 3.05) is 13.2 Å². The van der Waals surface area contributed by atoms with Gasteiger partial charge in [0.1, 0.15) is 0 Å². The van der Waals surface area contributed by atoms with E-state index < -0.39 is 0 Å². The summed E-state index contributed by atoms with van der Waals surface area (Å²) in [5, 5.41) is 3.82. The van der Waals surface area contributed by atoms with Crippen LogP contribution in [-0.4, -0.2) is 18.7 Å². The lowest BCUT2D eigenvalue weighted by Crippen LogP contribution is -2.57. The topological polar surface area (TPSA) is 21.3 Å². The van der Waals surface area contributed by atoms with Crippen LogP contribution in [0.3, 0.4) is 0 Å². The fraction of sp³-hybridized carbons (Fsp3) is 0.647. The molecule has 2 heteroatoms. The van der Waals surface area contributed by atoms with Gasteiger partial charge in [-0.25, -0.2) is 0 Å². The van der Waals surface area contributed by atoms with Gasteiger partial charge >= 0.3 is 0 Å². The molecule has 0 aromatic heterocycles. The number of rotatable bonds is 1. The third kappa shape index (κ3) is 2.70. The monoisotopic (exact) mass is 259 g/mol. The van der Waals surface area contributed by atoms with Gasteiger partial charge in [-0.2, -0.15) is 0 Å². The highest BCUT2D eigenvalue weighted by molar-refractivity contribution is 5.28. The van der Waals surface area contributed by atoms with E-state index in [1.807, 2.05) is 0 Å². The summed E-state index contributed by atoms with van der Waals surface area (Å²) in [4.78, 5) is 0. The van der Waals surface area contributed by atoms with Crippen LogP contribution in [0.5, 0.6) is 0 Å². The molecule has 1 saturated carbocycles. The Labute approximate surface area is 116 Å². The Hall–Kier alpha value is -0.860. The summed E-state index contributed by atoms with van der Waals surface area (Å²) in [7, 11) is 0. The van der Waals surface area contributed by atoms with Crippen molar-refractivity contribution < 1.29 is 4.74 Å². The van der Waals surface area contributed by atoms with E-state index >= 15 is 0 Å². The number of hydrogen-bond acceptors (Lipinski definition) is 2. The minimum Gasteiger partial charge on any atom is -0.370 e. The summed E-state index contributed by atoms with van der Waals surface area (Å²) >= 11 is 0. The maximum atomic E-state index is 6.22. The molecule has 2 fully saturated rings. The van der Waals surface area contributed by atoms with Crippen molar-refractivity contribution in [1.82, 2.24) is 5.32 Å². The fourth-order valence-corrected chi connectivity index (χ4v) is 3.78. The van der Waals surface area contributed by atoms with Crippen LogP contribution in [0.15, 0.2) is 24.3 Å². The summed E-state index contributed by atoms with van der Waals surface area (Å²) in [6.07, 6.45) is 5.49. The number of ether oxygens (including phenoxy) is 1. The van der Waals surface area contributed by atoms with Crippen molar-refractivity contribution in [1.29, 1.82) is 0 Å². The Bertz CT molecular complexity index is 435. The molecule has 1 spiro atoms. The van der Waals surface area contributed by atoms with Gasteiger partial charge in [0.2, 0.25) is 0 Å². The molecule has 1 aromatic carbocycles. The molecule has 2 aliphatic rings. The van der Waals surface area contributed by atoms with E-state index in [0.29, 0.717) is 0 Å². The zero-order valence-corrected chi connectivity index (χ0v) is 12.1. The Kier molecular flexibility index (Phi) is 3.64. The molecule has 1 heterocycles. The molecule has 1 aliphatic carbocycles. The Morgan fingerprint density at radius 3 is 2.84 bits per heavy atom. The smallest absolute Gasteiger partial charge is 0.0952 e. The number of aryl methyl sites for hydroxylation is 1. The first-order valence-corrected chi connectivity index (χ1v) is 7.61. The van der Waals surface area contributed by atoms with Gasteiger partial charge < -0.3 is 10.1 Å². The summed E-state index contributed by atoms with van der Waals surface area (Å²) in [6.45, 7) is 6.37. The van der Waals surface area contributed by atoms with Gasteiger partial charge in [-0.05, 0) is 36.8 Å². The van der Waals surface area contributed by atoms with Gasteiger partial charge in [-0.1, -0.05) is 44.0 Å². The van der Waals surface area contributed by atoms with Gasteiger partial charge in [0, 0.05) is 12.1 Å².